The van der Waals surface area contributed by atoms with Crippen LogP contribution in [0.5, 0.6) is 23.0 Å². The van der Waals surface area contributed by atoms with Gasteiger partial charge in [0, 0.05) is 23.3 Å². The average Bonchev–Trinajstić information content (AvgIpc) is 3.31. The van der Waals surface area contributed by atoms with Crippen LogP contribution in [0.25, 0.3) is 10.9 Å². The van der Waals surface area contributed by atoms with Crippen LogP contribution in [0.2, 0.25) is 0 Å². The number of amides is 3. The quantitative estimate of drug-likeness (QED) is 0.200. The third-order valence-electron chi connectivity index (χ3n) is 6.66. The lowest BCUT2D eigenvalue weighted by molar-refractivity contribution is -0.115. The standard InChI is InChI=1S/C32H24FN3O5/c1-39-31-28(40-20-21-8-4-2-5-9-21)15-13-24-26(16-17-34-30(24)31)41-27-14-12-23(18-25(27)33)36-29(37)19-35(32(36)38)22-10-6-3-7-11-22/h2-18H,19-20H2,1H3. The van der Waals surface area contributed by atoms with Gasteiger partial charge in [-0.3, -0.25) is 14.7 Å². The van der Waals surface area contributed by atoms with Crippen LogP contribution in [-0.4, -0.2) is 30.6 Å². The molecule has 0 unspecified atom stereocenters. The molecule has 0 spiro atoms. The second-order valence-corrected chi connectivity index (χ2v) is 9.23. The number of rotatable bonds is 8. The second-order valence-electron chi connectivity index (χ2n) is 9.23. The van der Waals surface area contributed by atoms with Crippen LogP contribution < -0.4 is 24.0 Å². The molecule has 0 saturated carbocycles. The van der Waals surface area contributed by atoms with Gasteiger partial charge in [0.25, 0.3) is 5.91 Å². The van der Waals surface area contributed by atoms with Gasteiger partial charge in [0.2, 0.25) is 0 Å². The van der Waals surface area contributed by atoms with E-state index < -0.39 is 17.8 Å². The van der Waals surface area contributed by atoms with E-state index in [-0.39, 0.29) is 18.0 Å². The van der Waals surface area contributed by atoms with Crippen molar-refractivity contribution in [3.05, 3.63) is 115 Å². The van der Waals surface area contributed by atoms with Crippen LogP contribution >= 0.6 is 0 Å². The molecule has 1 fully saturated rings. The molecule has 6 rings (SSSR count). The van der Waals surface area contributed by atoms with Gasteiger partial charge >= 0.3 is 6.03 Å². The minimum absolute atomic E-state index is 0.0800. The summed E-state index contributed by atoms with van der Waals surface area (Å²) in [5.41, 5.74) is 2.19. The van der Waals surface area contributed by atoms with Crippen LogP contribution in [-0.2, 0) is 11.4 Å². The first-order valence-electron chi connectivity index (χ1n) is 12.8. The summed E-state index contributed by atoms with van der Waals surface area (Å²) in [6.07, 6.45) is 1.53. The minimum Gasteiger partial charge on any atom is -0.491 e. The number of nitrogens with zero attached hydrogens (tertiary/aromatic N) is 3. The highest BCUT2D eigenvalue weighted by atomic mass is 19.1. The number of imide groups is 1. The predicted octanol–water partition coefficient (Wildman–Crippen LogP) is 6.73. The zero-order valence-electron chi connectivity index (χ0n) is 22.0. The van der Waals surface area contributed by atoms with E-state index in [1.165, 1.54) is 30.3 Å². The van der Waals surface area contributed by atoms with E-state index in [0.717, 1.165) is 16.5 Å². The molecule has 2 heterocycles. The van der Waals surface area contributed by atoms with Crippen molar-refractivity contribution in [1.82, 2.24) is 4.98 Å². The Bertz CT molecular complexity index is 1750. The normalized spacial score (nSPS) is 13.1. The summed E-state index contributed by atoms with van der Waals surface area (Å²) < 4.78 is 32.8. The van der Waals surface area contributed by atoms with Crippen molar-refractivity contribution in [3.8, 4) is 23.0 Å². The van der Waals surface area contributed by atoms with Gasteiger partial charge in [0.05, 0.1) is 12.8 Å². The molecule has 0 radical (unpaired) electrons. The van der Waals surface area contributed by atoms with E-state index >= 15 is 4.39 Å². The van der Waals surface area contributed by atoms with Crippen molar-refractivity contribution in [2.75, 3.05) is 23.5 Å². The highest BCUT2D eigenvalue weighted by molar-refractivity contribution is 6.26. The van der Waals surface area contributed by atoms with Crippen molar-refractivity contribution in [3.63, 3.8) is 0 Å². The molecular formula is C32H24FN3O5. The van der Waals surface area contributed by atoms with Crippen molar-refractivity contribution in [2.45, 2.75) is 6.61 Å². The average molecular weight is 550 g/mol. The van der Waals surface area contributed by atoms with Crippen LogP contribution in [0, 0.1) is 5.82 Å². The second kappa shape index (κ2) is 11.0. The molecule has 1 saturated heterocycles. The van der Waals surface area contributed by atoms with E-state index in [2.05, 4.69) is 4.98 Å². The summed E-state index contributed by atoms with van der Waals surface area (Å²) in [5, 5.41) is 0.586. The number of fused-ring (bicyclic) bond motifs is 1. The van der Waals surface area contributed by atoms with Crippen LogP contribution in [0.3, 0.4) is 0 Å². The number of ether oxygens (including phenoxy) is 3. The zero-order chi connectivity index (χ0) is 28.3. The molecule has 0 aliphatic carbocycles. The lowest BCUT2D eigenvalue weighted by Gasteiger charge is -2.18. The molecule has 9 heteroatoms. The number of carbonyl (C=O) groups is 2. The number of hydrogen-bond donors (Lipinski definition) is 0. The number of carbonyl (C=O) groups excluding carboxylic acids is 2. The maximum absolute atomic E-state index is 15.3. The molecule has 1 aliphatic heterocycles. The van der Waals surface area contributed by atoms with E-state index in [1.54, 1.807) is 42.5 Å². The number of anilines is 2. The van der Waals surface area contributed by atoms with E-state index in [4.69, 9.17) is 14.2 Å². The SMILES string of the molecule is COc1c(OCc2ccccc2)ccc2c(Oc3ccc(N4C(=O)CN(c5ccccc5)C4=O)cc3F)ccnc12. The monoisotopic (exact) mass is 549 g/mol. The molecule has 0 N–H and O–H groups in total. The van der Waals surface area contributed by atoms with E-state index in [9.17, 15) is 9.59 Å². The Morgan fingerprint density at radius 3 is 2.29 bits per heavy atom. The number of methoxy groups -OCH3 is 1. The Kier molecular flexibility index (Phi) is 6.91. The van der Waals surface area contributed by atoms with Gasteiger partial charge < -0.3 is 14.2 Å². The fourth-order valence-electron chi connectivity index (χ4n) is 4.68. The highest BCUT2D eigenvalue weighted by Crippen LogP contribution is 2.40. The van der Waals surface area contributed by atoms with Gasteiger partial charge in [-0.15, -0.1) is 0 Å². The van der Waals surface area contributed by atoms with Crippen molar-refractivity contribution < 1.29 is 28.2 Å². The van der Waals surface area contributed by atoms with E-state index in [0.29, 0.717) is 40.4 Å². The number of hydrogen-bond acceptors (Lipinski definition) is 6. The number of aromatic nitrogens is 1. The molecule has 0 atom stereocenters. The molecule has 0 bridgehead atoms. The van der Waals surface area contributed by atoms with Crippen molar-refractivity contribution in [1.29, 1.82) is 0 Å². The Hall–Kier alpha value is -5.44. The topological polar surface area (TPSA) is 81.2 Å². The van der Waals surface area contributed by atoms with E-state index in [1.807, 2.05) is 36.4 Å². The predicted molar refractivity (Wildman–Crippen MR) is 152 cm³/mol. The number of urea groups is 1. The molecule has 41 heavy (non-hydrogen) atoms. The Labute approximate surface area is 235 Å². The smallest absolute Gasteiger partial charge is 0.336 e. The molecular weight excluding hydrogens is 525 g/mol. The summed E-state index contributed by atoms with van der Waals surface area (Å²) in [4.78, 5) is 32.5. The molecule has 8 nitrogen and oxygen atoms in total. The highest BCUT2D eigenvalue weighted by Gasteiger charge is 2.38. The summed E-state index contributed by atoms with van der Waals surface area (Å²) in [6, 6.07) is 27.1. The third kappa shape index (κ3) is 5.00. The van der Waals surface area contributed by atoms with Gasteiger partial charge in [-0.25, -0.2) is 14.1 Å². The fourth-order valence-corrected chi connectivity index (χ4v) is 4.68. The summed E-state index contributed by atoms with van der Waals surface area (Å²) in [6.45, 7) is 0.214. The number of benzene rings is 4. The lowest BCUT2D eigenvalue weighted by Crippen LogP contribution is -2.33. The van der Waals surface area contributed by atoms with Gasteiger partial charge in [-0.05, 0) is 48.0 Å². The largest absolute Gasteiger partial charge is 0.491 e. The number of pyridine rings is 1. The van der Waals surface area contributed by atoms with Crippen LogP contribution in [0.4, 0.5) is 20.6 Å². The van der Waals surface area contributed by atoms with Crippen molar-refractivity contribution >= 4 is 34.2 Å². The Morgan fingerprint density at radius 1 is 0.829 bits per heavy atom. The van der Waals surface area contributed by atoms with Crippen molar-refractivity contribution in [2.24, 2.45) is 0 Å². The summed E-state index contributed by atoms with van der Waals surface area (Å²) in [5.74, 6) is 0.00876. The molecule has 1 aliphatic rings. The molecule has 1 aromatic heterocycles. The molecule has 3 amide bonds. The maximum atomic E-state index is 15.3. The maximum Gasteiger partial charge on any atom is 0.336 e. The lowest BCUT2D eigenvalue weighted by atomic mass is 10.1. The first-order valence-corrected chi connectivity index (χ1v) is 12.8. The van der Waals surface area contributed by atoms with Gasteiger partial charge in [-0.1, -0.05) is 48.5 Å². The summed E-state index contributed by atoms with van der Waals surface area (Å²) >= 11 is 0. The number of halogens is 1. The fraction of sp³-hybridized carbons (Fsp3) is 0.0938. The van der Waals surface area contributed by atoms with Gasteiger partial charge in [-0.2, -0.15) is 0 Å². The first-order chi connectivity index (χ1) is 20.0. The first kappa shape index (κ1) is 25.8. The molecule has 5 aromatic rings. The Morgan fingerprint density at radius 2 is 1.56 bits per heavy atom. The Balaban J connectivity index is 1.25. The van der Waals surface area contributed by atoms with Crippen LogP contribution in [0.15, 0.2) is 103 Å². The van der Waals surface area contributed by atoms with Gasteiger partial charge in [0.15, 0.2) is 23.1 Å². The molecule has 204 valence electrons. The molecule has 4 aromatic carbocycles. The summed E-state index contributed by atoms with van der Waals surface area (Å²) in [7, 11) is 1.53. The third-order valence-corrected chi connectivity index (χ3v) is 6.66. The van der Waals surface area contributed by atoms with Gasteiger partial charge in [0.1, 0.15) is 24.4 Å². The zero-order valence-corrected chi connectivity index (χ0v) is 22.0. The van der Waals surface area contributed by atoms with Crippen LogP contribution in [0.1, 0.15) is 5.56 Å². The minimum atomic E-state index is -0.735. The number of para-hydroxylation sites is 1.